The molecule has 8 heteroatoms. The summed E-state index contributed by atoms with van der Waals surface area (Å²) in [7, 11) is 0. The van der Waals surface area contributed by atoms with Gasteiger partial charge in [0.1, 0.15) is 0 Å². The zero-order chi connectivity index (χ0) is 59.6. The van der Waals surface area contributed by atoms with Gasteiger partial charge in [-0.15, -0.1) is 0 Å². The average Bonchev–Trinajstić information content (AvgIpc) is 3.43. The Morgan fingerprint density at radius 2 is 0.325 bits per heavy atom. The number of carbonyl (C=O) groups is 4. The molecule has 0 amide bonds. The van der Waals surface area contributed by atoms with Crippen molar-refractivity contribution in [3.63, 3.8) is 0 Å². The number of aliphatic carboxylic acids is 4. The van der Waals surface area contributed by atoms with Gasteiger partial charge >= 0.3 is 23.9 Å². The second-order valence-electron chi connectivity index (χ2n) is 21.6. The Morgan fingerprint density at radius 3 is 0.487 bits per heavy atom. The summed E-state index contributed by atoms with van der Waals surface area (Å²) in [6, 6.07) is 0. The predicted octanol–water partition coefficient (Wildman–Crippen LogP) is 23.5. The van der Waals surface area contributed by atoms with Crippen LogP contribution in [0, 0.1) is 0 Å². The van der Waals surface area contributed by atoms with Crippen LogP contribution in [0.4, 0.5) is 0 Å². The van der Waals surface area contributed by atoms with Crippen LogP contribution in [0.25, 0.3) is 0 Å². The highest BCUT2D eigenvalue weighted by molar-refractivity contribution is 5.67. The first kappa shape index (κ1) is 82.3. The van der Waals surface area contributed by atoms with Gasteiger partial charge < -0.3 is 20.4 Å². The lowest BCUT2D eigenvalue weighted by Gasteiger charge is -1.99. The second kappa shape index (κ2) is 79.0. The molecular formula is C72H128O8. The van der Waals surface area contributed by atoms with Crippen LogP contribution < -0.4 is 0 Å². The maximum Gasteiger partial charge on any atom is 0.303 e. The van der Waals surface area contributed by atoms with E-state index in [1.54, 1.807) is 0 Å². The zero-order valence-electron chi connectivity index (χ0n) is 52.6. The standard InChI is InChI=1S/4C18H32O2/c4*1-2-3-4-5-6-7-8-9-10-11-12-13-14-15-16-17-18(19)20/h3*7-10H,2-6,11-17H2,1H3,(H,19,20);6-9H,2-5,10-17H2,1H3,(H,19,20)/b8-7+,10-9-;8-7-,10-9+;8-7-,10-9-;7-6-,9-8+. The Hall–Kier alpha value is -4.20. The summed E-state index contributed by atoms with van der Waals surface area (Å²) in [5.74, 6) is -2.68. The van der Waals surface area contributed by atoms with Crippen LogP contribution in [-0.2, 0) is 19.2 Å². The van der Waals surface area contributed by atoms with Gasteiger partial charge in [0.2, 0.25) is 0 Å². The molecule has 0 aromatic carbocycles. The molecule has 80 heavy (non-hydrogen) atoms. The molecule has 0 fully saturated rings. The van der Waals surface area contributed by atoms with E-state index in [1.165, 1.54) is 186 Å². The van der Waals surface area contributed by atoms with E-state index < -0.39 is 23.9 Å². The van der Waals surface area contributed by atoms with Crippen LogP contribution in [0.3, 0.4) is 0 Å². The van der Waals surface area contributed by atoms with Crippen molar-refractivity contribution in [2.24, 2.45) is 0 Å². The van der Waals surface area contributed by atoms with Crippen molar-refractivity contribution >= 4 is 23.9 Å². The number of hydrogen-bond acceptors (Lipinski definition) is 4. The molecule has 0 radical (unpaired) electrons. The molecule has 0 aliphatic heterocycles. The summed E-state index contributed by atoms with van der Waals surface area (Å²) in [5, 5.41) is 34.0. The number of hydrogen-bond donors (Lipinski definition) is 4. The first-order valence-corrected chi connectivity index (χ1v) is 33.2. The topological polar surface area (TPSA) is 149 Å². The van der Waals surface area contributed by atoms with Gasteiger partial charge in [0, 0.05) is 25.7 Å². The Kier molecular flexibility index (Phi) is 81.3. The fraction of sp³-hybridized carbons (Fsp3) is 0.722. The van der Waals surface area contributed by atoms with Gasteiger partial charge in [-0.3, -0.25) is 19.2 Å². The van der Waals surface area contributed by atoms with E-state index in [0.29, 0.717) is 25.7 Å². The molecule has 0 spiro atoms. The molecule has 464 valence electrons. The minimum Gasteiger partial charge on any atom is -0.481 e. The Bertz CT molecular complexity index is 1380. The SMILES string of the molecule is CCCCC/C=C\C=C\CCCCCCCCC(=O)O.CCCCCC/C=C/C=C\CCCCCCCC(=O)O.CCCCCC/C=C\C=C/CCCCCCCC(=O)O.CCCCCC/C=C\C=C\CCCCCCCC(=O)O. The zero-order valence-corrected chi connectivity index (χ0v) is 52.6. The third kappa shape index (κ3) is 96.1. The minimum atomic E-state index is -0.672. The summed E-state index contributed by atoms with van der Waals surface area (Å²) in [6.45, 7) is 8.95. The summed E-state index contributed by atoms with van der Waals surface area (Å²) in [6.07, 6.45) is 89.1. The van der Waals surface area contributed by atoms with Crippen molar-refractivity contribution in [2.75, 3.05) is 0 Å². The largest absolute Gasteiger partial charge is 0.481 e. The number of unbranched alkanes of at least 4 members (excludes halogenated alkanes) is 36. The van der Waals surface area contributed by atoms with Crippen LogP contribution in [0.5, 0.6) is 0 Å². The highest BCUT2D eigenvalue weighted by atomic mass is 16.4. The maximum absolute atomic E-state index is 10.3. The van der Waals surface area contributed by atoms with E-state index in [1.807, 2.05) is 0 Å². The van der Waals surface area contributed by atoms with E-state index in [0.717, 1.165) is 96.3 Å². The Balaban J connectivity index is -0.000000481. The monoisotopic (exact) mass is 1120 g/mol. The number of rotatable bonds is 56. The van der Waals surface area contributed by atoms with Crippen LogP contribution >= 0.6 is 0 Å². The second-order valence-corrected chi connectivity index (χ2v) is 21.6. The highest BCUT2D eigenvalue weighted by Crippen LogP contribution is 2.12. The van der Waals surface area contributed by atoms with Gasteiger partial charge in [-0.2, -0.15) is 0 Å². The Labute approximate surface area is 494 Å². The van der Waals surface area contributed by atoms with Gasteiger partial charge in [-0.05, 0) is 128 Å². The number of allylic oxidation sites excluding steroid dienone is 16. The van der Waals surface area contributed by atoms with E-state index in [-0.39, 0.29) is 0 Å². The van der Waals surface area contributed by atoms with Crippen molar-refractivity contribution in [1.29, 1.82) is 0 Å². The lowest BCUT2D eigenvalue weighted by Crippen LogP contribution is -1.93. The summed E-state index contributed by atoms with van der Waals surface area (Å²) >= 11 is 0. The molecule has 0 heterocycles. The number of carboxylic acids is 4. The highest BCUT2D eigenvalue weighted by Gasteiger charge is 1.99. The predicted molar refractivity (Wildman–Crippen MR) is 348 cm³/mol. The summed E-state index contributed by atoms with van der Waals surface area (Å²) in [5.41, 5.74) is 0. The van der Waals surface area contributed by atoms with Crippen LogP contribution in [0.15, 0.2) is 97.2 Å². The quantitative estimate of drug-likeness (QED) is 0.0347. The lowest BCUT2D eigenvalue weighted by atomic mass is 10.1. The lowest BCUT2D eigenvalue weighted by molar-refractivity contribution is -0.138. The molecular weight excluding hydrogens is 993 g/mol. The molecule has 0 saturated heterocycles. The molecule has 0 unspecified atom stereocenters. The fourth-order valence-corrected chi connectivity index (χ4v) is 8.43. The van der Waals surface area contributed by atoms with Crippen LogP contribution in [0.1, 0.15) is 336 Å². The van der Waals surface area contributed by atoms with Crippen LogP contribution in [0.2, 0.25) is 0 Å². The third-order valence-corrected chi connectivity index (χ3v) is 13.5. The smallest absolute Gasteiger partial charge is 0.303 e. The molecule has 0 aliphatic carbocycles. The first-order valence-electron chi connectivity index (χ1n) is 33.2. The van der Waals surface area contributed by atoms with Gasteiger partial charge in [0.15, 0.2) is 0 Å². The summed E-state index contributed by atoms with van der Waals surface area (Å²) < 4.78 is 0. The van der Waals surface area contributed by atoms with Gasteiger partial charge in [0.25, 0.3) is 0 Å². The maximum atomic E-state index is 10.3. The van der Waals surface area contributed by atoms with E-state index >= 15 is 0 Å². The molecule has 0 bridgehead atoms. The van der Waals surface area contributed by atoms with Crippen molar-refractivity contribution in [2.45, 2.75) is 336 Å². The van der Waals surface area contributed by atoms with Crippen molar-refractivity contribution in [1.82, 2.24) is 0 Å². The van der Waals surface area contributed by atoms with Gasteiger partial charge in [-0.25, -0.2) is 0 Å². The van der Waals surface area contributed by atoms with Crippen molar-refractivity contribution < 1.29 is 39.6 Å². The van der Waals surface area contributed by atoms with E-state index in [9.17, 15) is 19.2 Å². The minimum absolute atomic E-state index is 0.322. The van der Waals surface area contributed by atoms with E-state index in [2.05, 4.69) is 125 Å². The third-order valence-electron chi connectivity index (χ3n) is 13.5. The molecule has 8 nitrogen and oxygen atoms in total. The molecule has 0 aromatic rings. The molecule has 0 aliphatic rings. The number of carboxylic acid groups (broad SMARTS) is 4. The summed E-state index contributed by atoms with van der Waals surface area (Å²) in [4.78, 5) is 41.3. The molecule has 0 rings (SSSR count). The van der Waals surface area contributed by atoms with Gasteiger partial charge in [0.05, 0.1) is 0 Å². The molecule has 4 N–H and O–H groups in total. The first-order chi connectivity index (χ1) is 39.1. The van der Waals surface area contributed by atoms with E-state index in [4.69, 9.17) is 20.4 Å². The molecule has 0 saturated carbocycles. The average molecular weight is 1120 g/mol. The molecule has 0 aromatic heterocycles. The van der Waals surface area contributed by atoms with Crippen molar-refractivity contribution in [3.05, 3.63) is 97.2 Å². The van der Waals surface area contributed by atoms with Crippen molar-refractivity contribution in [3.8, 4) is 0 Å². The van der Waals surface area contributed by atoms with Crippen LogP contribution in [-0.4, -0.2) is 44.3 Å². The molecule has 0 atom stereocenters. The Morgan fingerprint density at radius 1 is 0.200 bits per heavy atom. The van der Waals surface area contributed by atoms with Gasteiger partial charge in [-0.1, -0.05) is 279 Å². The normalized spacial score (nSPS) is 11.7. The fourth-order valence-electron chi connectivity index (χ4n) is 8.43.